The Kier molecular flexibility index (Phi) is 4.15. The van der Waals surface area contributed by atoms with E-state index in [1.54, 1.807) is 0 Å². The van der Waals surface area contributed by atoms with Crippen LogP contribution >= 0.6 is 23.2 Å². The summed E-state index contributed by atoms with van der Waals surface area (Å²) >= 11 is 12.9. The first kappa shape index (κ1) is 11.9. The second-order valence-electron chi connectivity index (χ2n) is 4.27. The summed E-state index contributed by atoms with van der Waals surface area (Å²) in [6, 6.07) is 0. The van der Waals surface area contributed by atoms with E-state index in [2.05, 4.69) is 0 Å². The highest BCUT2D eigenvalue weighted by atomic mass is 35.5. The van der Waals surface area contributed by atoms with Crippen molar-refractivity contribution in [3.63, 3.8) is 0 Å². The molecule has 0 saturated heterocycles. The highest BCUT2D eigenvalue weighted by molar-refractivity contribution is 6.33. The molecule has 0 aromatic carbocycles. The molecule has 2 fully saturated rings. The molecule has 0 aliphatic heterocycles. The highest BCUT2D eigenvalue weighted by Gasteiger charge is 2.46. The minimum atomic E-state index is -0.0297. The molecule has 3 heteroatoms. The van der Waals surface area contributed by atoms with E-state index in [0.717, 1.165) is 12.8 Å². The molecule has 0 bridgehead atoms. The molecule has 2 unspecified atom stereocenters. The maximum Gasteiger partial charge on any atom is 0.0637 e. The SMILES string of the molecule is ClC1CCCC1(Cl)C1CCCC1.[SiH4]. The van der Waals surface area contributed by atoms with Gasteiger partial charge in [-0.05, 0) is 42.6 Å². The second-order valence-corrected chi connectivity index (χ2v) is 5.50. The zero-order valence-electron chi connectivity index (χ0n) is 7.36. The minimum Gasteiger partial charge on any atom is -0.121 e. The number of hydrogen-bond acceptors (Lipinski definition) is 0. The van der Waals surface area contributed by atoms with Crippen molar-refractivity contribution < 1.29 is 0 Å². The van der Waals surface area contributed by atoms with Crippen molar-refractivity contribution in [3.05, 3.63) is 0 Å². The van der Waals surface area contributed by atoms with Gasteiger partial charge in [-0.25, -0.2) is 0 Å². The zero-order chi connectivity index (χ0) is 8.60. The van der Waals surface area contributed by atoms with Gasteiger partial charge in [-0.2, -0.15) is 0 Å². The standard InChI is InChI=1S/C10H16Cl2.H4Si/c11-9-6-3-7-10(9,12)8-4-1-2-5-8;/h8-9H,1-7H2;1H4. The lowest BCUT2D eigenvalue weighted by Gasteiger charge is -2.31. The van der Waals surface area contributed by atoms with Crippen molar-refractivity contribution in [2.45, 2.75) is 55.2 Å². The van der Waals surface area contributed by atoms with Crippen LogP contribution in [0.25, 0.3) is 0 Å². The fourth-order valence-corrected chi connectivity index (χ4v) is 3.72. The maximum atomic E-state index is 6.60. The molecule has 2 aliphatic carbocycles. The van der Waals surface area contributed by atoms with Gasteiger partial charge in [0.1, 0.15) is 0 Å². The van der Waals surface area contributed by atoms with E-state index in [-0.39, 0.29) is 21.2 Å². The van der Waals surface area contributed by atoms with E-state index in [1.165, 1.54) is 32.1 Å². The van der Waals surface area contributed by atoms with E-state index < -0.39 is 0 Å². The van der Waals surface area contributed by atoms with Crippen molar-refractivity contribution >= 4 is 34.2 Å². The van der Waals surface area contributed by atoms with Crippen LogP contribution < -0.4 is 0 Å². The first-order chi connectivity index (χ1) is 5.73. The average Bonchev–Trinajstić information content (AvgIpc) is 2.62. The van der Waals surface area contributed by atoms with Crippen LogP contribution in [-0.4, -0.2) is 21.2 Å². The van der Waals surface area contributed by atoms with Gasteiger partial charge in [-0.3, -0.25) is 0 Å². The lowest BCUT2D eigenvalue weighted by Crippen LogP contribution is -2.35. The van der Waals surface area contributed by atoms with Crippen molar-refractivity contribution in [1.29, 1.82) is 0 Å². The summed E-state index contributed by atoms with van der Waals surface area (Å²) in [6.45, 7) is 0. The number of alkyl halides is 2. The Morgan fingerprint density at radius 2 is 1.62 bits per heavy atom. The van der Waals surface area contributed by atoms with Crippen LogP contribution in [0.1, 0.15) is 44.9 Å². The Labute approximate surface area is 95.4 Å². The van der Waals surface area contributed by atoms with Crippen molar-refractivity contribution in [3.8, 4) is 0 Å². The predicted molar refractivity (Wildman–Crippen MR) is 65.4 cm³/mol. The van der Waals surface area contributed by atoms with Crippen LogP contribution in [0, 0.1) is 5.92 Å². The first-order valence-electron chi connectivity index (χ1n) is 5.06. The number of halogens is 2. The molecule has 2 saturated carbocycles. The van der Waals surface area contributed by atoms with Gasteiger partial charge >= 0.3 is 0 Å². The zero-order valence-corrected chi connectivity index (χ0v) is 8.87. The summed E-state index contributed by atoms with van der Waals surface area (Å²) in [6.07, 6.45) is 8.86. The van der Waals surface area contributed by atoms with Crippen LogP contribution in [-0.2, 0) is 0 Å². The first-order valence-corrected chi connectivity index (χ1v) is 5.88. The molecule has 13 heavy (non-hydrogen) atoms. The topological polar surface area (TPSA) is 0 Å². The van der Waals surface area contributed by atoms with E-state index in [4.69, 9.17) is 23.2 Å². The van der Waals surface area contributed by atoms with Gasteiger partial charge < -0.3 is 0 Å². The summed E-state index contributed by atoms with van der Waals surface area (Å²) in [7, 11) is 0. The Hall–Kier alpha value is 0.797. The van der Waals surface area contributed by atoms with Crippen LogP contribution in [0.15, 0.2) is 0 Å². The third-order valence-electron chi connectivity index (χ3n) is 3.57. The molecule has 0 aromatic rings. The van der Waals surface area contributed by atoms with Crippen LogP contribution in [0.5, 0.6) is 0 Å². The fraction of sp³-hybridized carbons (Fsp3) is 1.00. The molecule has 78 valence electrons. The molecule has 0 amide bonds. The average molecular weight is 239 g/mol. The Bertz CT molecular complexity index is 168. The molecule has 0 nitrogen and oxygen atoms in total. The van der Waals surface area contributed by atoms with Gasteiger partial charge in [0.05, 0.1) is 10.3 Å². The molecule has 2 rings (SSSR count). The number of hydrogen-bond donors (Lipinski definition) is 0. The Morgan fingerprint density at radius 3 is 2.08 bits per heavy atom. The molecule has 2 aliphatic rings. The molecular formula is C10H20Cl2Si. The monoisotopic (exact) mass is 238 g/mol. The molecular weight excluding hydrogens is 219 g/mol. The minimum absolute atomic E-state index is 0. The van der Waals surface area contributed by atoms with Crippen LogP contribution in [0.4, 0.5) is 0 Å². The number of rotatable bonds is 1. The maximum absolute atomic E-state index is 6.60. The normalized spacial score (nSPS) is 40.6. The van der Waals surface area contributed by atoms with E-state index >= 15 is 0 Å². The van der Waals surface area contributed by atoms with Gasteiger partial charge in [0.2, 0.25) is 0 Å². The quantitative estimate of drug-likeness (QED) is 0.487. The molecule has 0 aromatic heterocycles. The molecule has 0 radical (unpaired) electrons. The van der Waals surface area contributed by atoms with Crippen molar-refractivity contribution in [2.75, 3.05) is 0 Å². The molecule has 0 heterocycles. The predicted octanol–water partition coefficient (Wildman–Crippen LogP) is 2.49. The summed E-state index contributed by atoms with van der Waals surface area (Å²) in [5.41, 5.74) is 0. The molecule has 0 spiro atoms. The summed E-state index contributed by atoms with van der Waals surface area (Å²) < 4.78 is 0. The van der Waals surface area contributed by atoms with Gasteiger partial charge in [0, 0.05) is 0 Å². The third-order valence-corrected chi connectivity index (χ3v) is 5.05. The summed E-state index contributed by atoms with van der Waals surface area (Å²) in [4.78, 5) is -0.0297. The third kappa shape index (κ3) is 2.08. The van der Waals surface area contributed by atoms with E-state index in [9.17, 15) is 0 Å². The summed E-state index contributed by atoms with van der Waals surface area (Å²) in [5, 5.41) is 0.238. The van der Waals surface area contributed by atoms with Gasteiger partial charge in [-0.15, -0.1) is 23.2 Å². The smallest absolute Gasteiger partial charge is 0.0637 e. The van der Waals surface area contributed by atoms with Gasteiger partial charge in [-0.1, -0.05) is 19.3 Å². The van der Waals surface area contributed by atoms with Crippen molar-refractivity contribution in [1.82, 2.24) is 0 Å². The lowest BCUT2D eigenvalue weighted by atomic mass is 9.88. The van der Waals surface area contributed by atoms with E-state index in [1.807, 2.05) is 0 Å². The Morgan fingerprint density at radius 1 is 1.00 bits per heavy atom. The molecule has 2 atom stereocenters. The fourth-order valence-electron chi connectivity index (χ4n) is 2.81. The van der Waals surface area contributed by atoms with Crippen LogP contribution in [0.2, 0.25) is 0 Å². The van der Waals surface area contributed by atoms with Gasteiger partial charge in [0.15, 0.2) is 0 Å². The van der Waals surface area contributed by atoms with Crippen molar-refractivity contribution in [2.24, 2.45) is 5.92 Å². The van der Waals surface area contributed by atoms with Gasteiger partial charge in [0.25, 0.3) is 0 Å². The van der Waals surface area contributed by atoms with E-state index in [0.29, 0.717) is 5.92 Å². The highest BCUT2D eigenvalue weighted by Crippen LogP contribution is 2.50. The largest absolute Gasteiger partial charge is 0.121 e. The Balaban J connectivity index is 0.000000845. The lowest BCUT2D eigenvalue weighted by molar-refractivity contribution is 0.385. The molecule has 0 N–H and O–H groups in total. The summed E-state index contributed by atoms with van der Waals surface area (Å²) in [5.74, 6) is 0.712. The van der Waals surface area contributed by atoms with Crippen LogP contribution in [0.3, 0.4) is 0 Å². The second kappa shape index (κ2) is 4.54.